The van der Waals surface area contributed by atoms with Gasteiger partial charge in [0.25, 0.3) is 5.91 Å². The first-order chi connectivity index (χ1) is 9.20. The second-order valence-corrected chi connectivity index (χ2v) is 4.05. The molecule has 19 heavy (non-hydrogen) atoms. The average Bonchev–Trinajstić information content (AvgIpc) is 2.45. The molecule has 0 aliphatic rings. The van der Waals surface area contributed by atoms with Crippen molar-refractivity contribution < 1.29 is 14.6 Å². The number of ether oxygens (including phenoxy) is 1. The molecule has 0 bridgehead atoms. The van der Waals surface area contributed by atoms with E-state index in [1.54, 1.807) is 12.1 Å². The van der Waals surface area contributed by atoms with Gasteiger partial charge in [0.15, 0.2) is 11.5 Å². The van der Waals surface area contributed by atoms with E-state index in [1.807, 2.05) is 30.3 Å². The van der Waals surface area contributed by atoms with Crippen molar-refractivity contribution in [1.82, 2.24) is 5.32 Å². The van der Waals surface area contributed by atoms with Crippen LogP contribution in [0.2, 0.25) is 0 Å². The Kier molecular flexibility index (Phi) is 4.03. The topological polar surface area (TPSA) is 58.6 Å². The summed E-state index contributed by atoms with van der Waals surface area (Å²) in [6, 6.07) is 14.2. The van der Waals surface area contributed by atoms with Crippen LogP contribution >= 0.6 is 0 Å². The standard InChI is InChI=1S/C15H15NO3/c1-19-14-8-7-12(9-13(14)17)15(18)16-10-11-5-3-2-4-6-11/h2-9,17H,10H2,1H3,(H,16,18). The monoisotopic (exact) mass is 257 g/mol. The Morgan fingerprint density at radius 1 is 1.21 bits per heavy atom. The quantitative estimate of drug-likeness (QED) is 0.883. The van der Waals surface area contributed by atoms with E-state index in [-0.39, 0.29) is 11.7 Å². The predicted octanol–water partition coefficient (Wildman–Crippen LogP) is 2.33. The lowest BCUT2D eigenvalue weighted by Gasteiger charge is -2.07. The van der Waals surface area contributed by atoms with Crippen LogP contribution in [0.1, 0.15) is 15.9 Å². The molecule has 2 aromatic carbocycles. The lowest BCUT2D eigenvalue weighted by Crippen LogP contribution is -2.22. The molecule has 4 heteroatoms. The van der Waals surface area contributed by atoms with E-state index < -0.39 is 0 Å². The van der Waals surface area contributed by atoms with Gasteiger partial charge in [-0.2, -0.15) is 0 Å². The molecule has 0 fully saturated rings. The maximum atomic E-state index is 11.9. The number of rotatable bonds is 4. The smallest absolute Gasteiger partial charge is 0.251 e. The molecule has 98 valence electrons. The highest BCUT2D eigenvalue weighted by molar-refractivity contribution is 5.94. The molecule has 0 saturated heterocycles. The SMILES string of the molecule is COc1ccc(C(=O)NCc2ccccc2)cc1O. The molecule has 0 radical (unpaired) electrons. The number of aromatic hydroxyl groups is 1. The van der Waals surface area contributed by atoms with Gasteiger partial charge in [-0.1, -0.05) is 30.3 Å². The zero-order chi connectivity index (χ0) is 13.7. The second kappa shape index (κ2) is 5.91. The number of methoxy groups -OCH3 is 1. The van der Waals surface area contributed by atoms with Crippen molar-refractivity contribution >= 4 is 5.91 Å². The molecule has 0 spiro atoms. The summed E-state index contributed by atoms with van der Waals surface area (Å²) in [6.07, 6.45) is 0. The van der Waals surface area contributed by atoms with E-state index in [1.165, 1.54) is 13.2 Å². The third-order valence-electron chi connectivity index (χ3n) is 2.74. The highest BCUT2D eigenvalue weighted by Crippen LogP contribution is 2.26. The maximum Gasteiger partial charge on any atom is 0.251 e. The van der Waals surface area contributed by atoms with Crippen molar-refractivity contribution in [1.29, 1.82) is 0 Å². The van der Waals surface area contributed by atoms with Gasteiger partial charge in [0.05, 0.1) is 7.11 Å². The number of hydrogen-bond donors (Lipinski definition) is 2. The van der Waals surface area contributed by atoms with Crippen LogP contribution in [0.3, 0.4) is 0 Å². The van der Waals surface area contributed by atoms with Gasteiger partial charge in [-0.15, -0.1) is 0 Å². The van der Waals surface area contributed by atoms with E-state index in [9.17, 15) is 9.90 Å². The van der Waals surface area contributed by atoms with Crippen LogP contribution in [0.5, 0.6) is 11.5 Å². The normalized spacial score (nSPS) is 9.95. The number of hydrogen-bond acceptors (Lipinski definition) is 3. The number of amides is 1. The predicted molar refractivity (Wildman–Crippen MR) is 72.3 cm³/mol. The first-order valence-corrected chi connectivity index (χ1v) is 5.90. The minimum Gasteiger partial charge on any atom is -0.504 e. The van der Waals surface area contributed by atoms with Gasteiger partial charge in [-0.05, 0) is 23.8 Å². The minimum absolute atomic E-state index is 0.0464. The third-order valence-corrected chi connectivity index (χ3v) is 2.74. The fourth-order valence-electron chi connectivity index (χ4n) is 1.71. The Morgan fingerprint density at radius 2 is 1.95 bits per heavy atom. The van der Waals surface area contributed by atoms with Crippen molar-refractivity contribution in [3.05, 3.63) is 59.7 Å². The van der Waals surface area contributed by atoms with E-state index in [4.69, 9.17) is 4.74 Å². The zero-order valence-corrected chi connectivity index (χ0v) is 10.6. The average molecular weight is 257 g/mol. The lowest BCUT2D eigenvalue weighted by atomic mass is 10.1. The number of benzene rings is 2. The molecule has 0 heterocycles. The van der Waals surface area contributed by atoms with Crippen LogP contribution in [-0.4, -0.2) is 18.1 Å². The Labute approximate surface area is 111 Å². The van der Waals surface area contributed by atoms with Crippen molar-refractivity contribution in [2.24, 2.45) is 0 Å². The summed E-state index contributed by atoms with van der Waals surface area (Å²) in [5.41, 5.74) is 1.42. The number of carbonyl (C=O) groups excluding carboxylic acids is 1. The molecule has 0 unspecified atom stereocenters. The van der Waals surface area contributed by atoms with Crippen LogP contribution < -0.4 is 10.1 Å². The van der Waals surface area contributed by atoms with Crippen LogP contribution in [-0.2, 0) is 6.54 Å². The summed E-state index contributed by atoms with van der Waals surface area (Å²) in [5.74, 6) is 0.0660. The highest BCUT2D eigenvalue weighted by Gasteiger charge is 2.09. The molecule has 0 aromatic heterocycles. The Bertz CT molecular complexity index is 567. The summed E-state index contributed by atoms with van der Waals surface area (Å²) in [5, 5.41) is 12.4. The van der Waals surface area contributed by atoms with Gasteiger partial charge < -0.3 is 15.2 Å². The summed E-state index contributed by atoms with van der Waals surface area (Å²) in [4.78, 5) is 11.9. The van der Waals surface area contributed by atoms with E-state index in [0.717, 1.165) is 5.56 Å². The summed E-state index contributed by atoms with van der Waals surface area (Å²) in [7, 11) is 1.46. The molecule has 0 aliphatic heterocycles. The minimum atomic E-state index is -0.234. The summed E-state index contributed by atoms with van der Waals surface area (Å²) < 4.78 is 4.93. The first kappa shape index (κ1) is 13.0. The number of phenols is 1. The summed E-state index contributed by atoms with van der Waals surface area (Å²) >= 11 is 0. The molecule has 0 atom stereocenters. The molecular formula is C15H15NO3. The molecule has 2 rings (SSSR count). The van der Waals surface area contributed by atoms with Gasteiger partial charge in [0, 0.05) is 12.1 Å². The van der Waals surface area contributed by atoms with E-state index in [2.05, 4.69) is 5.32 Å². The van der Waals surface area contributed by atoms with Crippen LogP contribution in [0, 0.1) is 0 Å². The number of carbonyl (C=O) groups is 1. The molecule has 1 amide bonds. The van der Waals surface area contributed by atoms with E-state index >= 15 is 0 Å². The molecule has 0 saturated carbocycles. The van der Waals surface area contributed by atoms with Crippen molar-refractivity contribution in [2.75, 3.05) is 7.11 Å². The fraction of sp³-hybridized carbons (Fsp3) is 0.133. The van der Waals surface area contributed by atoms with Crippen LogP contribution in [0.15, 0.2) is 48.5 Å². The first-order valence-electron chi connectivity index (χ1n) is 5.90. The Hall–Kier alpha value is -2.49. The van der Waals surface area contributed by atoms with Crippen molar-refractivity contribution in [3.63, 3.8) is 0 Å². The lowest BCUT2D eigenvalue weighted by molar-refractivity contribution is 0.0950. The van der Waals surface area contributed by atoms with Crippen molar-refractivity contribution in [2.45, 2.75) is 6.54 Å². The van der Waals surface area contributed by atoms with Gasteiger partial charge in [0.2, 0.25) is 0 Å². The molecule has 2 aromatic rings. The van der Waals surface area contributed by atoms with Crippen LogP contribution in [0.25, 0.3) is 0 Å². The summed E-state index contributed by atoms with van der Waals surface area (Å²) in [6.45, 7) is 0.451. The molecule has 2 N–H and O–H groups in total. The van der Waals surface area contributed by atoms with Gasteiger partial charge in [-0.3, -0.25) is 4.79 Å². The zero-order valence-electron chi connectivity index (χ0n) is 10.6. The molecular weight excluding hydrogens is 242 g/mol. The Balaban J connectivity index is 2.02. The van der Waals surface area contributed by atoms with Gasteiger partial charge in [0.1, 0.15) is 0 Å². The maximum absolute atomic E-state index is 11.9. The fourth-order valence-corrected chi connectivity index (χ4v) is 1.71. The van der Waals surface area contributed by atoms with Crippen LogP contribution in [0.4, 0.5) is 0 Å². The second-order valence-electron chi connectivity index (χ2n) is 4.05. The molecule has 4 nitrogen and oxygen atoms in total. The van der Waals surface area contributed by atoms with Gasteiger partial charge in [-0.25, -0.2) is 0 Å². The molecule has 0 aliphatic carbocycles. The third kappa shape index (κ3) is 3.25. The van der Waals surface area contributed by atoms with Gasteiger partial charge >= 0.3 is 0 Å². The highest BCUT2D eigenvalue weighted by atomic mass is 16.5. The van der Waals surface area contributed by atoms with E-state index in [0.29, 0.717) is 17.9 Å². The van der Waals surface area contributed by atoms with Crippen molar-refractivity contribution in [3.8, 4) is 11.5 Å². The number of phenolic OH excluding ortho intramolecular Hbond substituents is 1. The largest absolute Gasteiger partial charge is 0.504 e. The number of nitrogens with one attached hydrogen (secondary N) is 1. The Morgan fingerprint density at radius 3 is 2.58 bits per heavy atom.